The third-order valence-electron chi connectivity index (χ3n) is 7.67. The lowest BCUT2D eigenvalue weighted by molar-refractivity contribution is -0.384. The molecule has 0 radical (unpaired) electrons. The molecule has 0 unspecified atom stereocenters. The highest BCUT2D eigenvalue weighted by Crippen LogP contribution is 2.38. The van der Waals surface area contributed by atoms with Crippen LogP contribution in [0.5, 0.6) is 0 Å². The highest BCUT2D eigenvalue weighted by molar-refractivity contribution is 5.83. The third-order valence-corrected chi connectivity index (χ3v) is 7.67. The number of hydrogen-bond donors (Lipinski definition) is 0. The maximum atomic E-state index is 13.9. The lowest BCUT2D eigenvalue weighted by atomic mass is 9.82. The van der Waals surface area contributed by atoms with Crippen molar-refractivity contribution in [1.82, 2.24) is 14.7 Å². The van der Waals surface area contributed by atoms with E-state index in [2.05, 4.69) is 21.9 Å². The van der Waals surface area contributed by atoms with Crippen LogP contribution in [0.4, 0.5) is 16.2 Å². The molecule has 0 N–H and O–H groups in total. The molecule has 196 valence electrons. The topological polar surface area (TPSA) is 99.5 Å². The van der Waals surface area contributed by atoms with Gasteiger partial charge in [-0.05, 0) is 30.5 Å². The molecule has 2 aromatic carbocycles. The number of anilines is 1. The quantitative estimate of drug-likeness (QED) is 0.453. The van der Waals surface area contributed by atoms with Crippen LogP contribution in [0.3, 0.4) is 0 Å². The molecule has 0 spiro atoms. The van der Waals surface area contributed by atoms with E-state index in [1.165, 1.54) is 5.56 Å². The van der Waals surface area contributed by atoms with Crippen LogP contribution in [-0.4, -0.2) is 90.1 Å². The molecule has 0 aliphatic carbocycles. The van der Waals surface area contributed by atoms with Crippen molar-refractivity contribution in [2.45, 2.75) is 25.9 Å². The molecule has 0 aromatic heterocycles. The van der Waals surface area contributed by atoms with E-state index >= 15 is 0 Å². The van der Waals surface area contributed by atoms with Crippen LogP contribution in [-0.2, 0) is 22.5 Å². The van der Waals surface area contributed by atoms with Gasteiger partial charge in [-0.15, -0.1) is 0 Å². The van der Waals surface area contributed by atoms with Crippen molar-refractivity contribution in [1.29, 1.82) is 0 Å². The molecular weight excluding hydrogens is 474 g/mol. The minimum absolute atomic E-state index is 0.0259. The van der Waals surface area contributed by atoms with Gasteiger partial charge in [0.2, 0.25) is 5.91 Å². The number of carbonyl (C=O) groups excluding carboxylic acids is 2. The van der Waals surface area contributed by atoms with Gasteiger partial charge in [0.1, 0.15) is 0 Å². The summed E-state index contributed by atoms with van der Waals surface area (Å²) in [6.07, 6.45) is 0.123. The minimum atomic E-state index is -0.379. The van der Waals surface area contributed by atoms with Crippen molar-refractivity contribution in [3.8, 4) is 0 Å². The number of ether oxygens (including phenoxy) is 1. The molecule has 2 fully saturated rings. The maximum absolute atomic E-state index is 13.9. The number of benzene rings is 2. The second kappa shape index (κ2) is 10.8. The van der Waals surface area contributed by atoms with E-state index in [1.54, 1.807) is 24.0 Å². The Hall–Kier alpha value is -3.66. The molecule has 10 heteroatoms. The highest BCUT2D eigenvalue weighted by atomic mass is 16.6. The van der Waals surface area contributed by atoms with Gasteiger partial charge in [-0.25, -0.2) is 4.79 Å². The van der Waals surface area contributed by atoms with Gasteiger partial charge in [-0.3, -0.25) is 19.8 Å². The molecule has 37 heavy (non-hydrogen) atoms. The van der Waals surface area contributed by atoms with Crippen molar-refractivity contribution in [3.05, 3.63) is 69.8 Å². The Kier molecular flexibility index (Phi) is 7.27. The SMILES string of the molecule is CCOC(=O)N1CCN(C(=O)[C@H]2Cc3cc([N+](=O)[O-])ccc3N3CCN(Cc4ccccc4)C[C@H]23)CC1. The van der Waals surface area contributed by atoms with Crippen molar-refractivity contribution in [2.24, 2.45) is 5.92 Å². The van der Waals surface area contributed by atoms with Gasteiger partial charge in [-0.2, -0.15) is 0 Å². The molecule has 3 aliphatic rings. The third kappa shape index (κ3) is 5.24. The van der Waals surface area contributed by atoms with Gasteiger partial charge < -0.3 is 19.4 Å². The zero-order chi connectivity index (χ0) is 25.9. The zero-order valence-electron chi connectivity index (χ0n) is 21.1. The molecule has 3 aliphatic heterocycles. The normalized spacial score (nSPS) is 21.7. The summed E-state index contributed by atoms with van der Waals surface area (Å²) in [6, 6.07) is 15.3. The van der Waals surface area contributed by atoms with Gasteiger partial charge in [-0.1, -0.05) is 30.3 Å². The predicted molar refractivity (Wildman–Crippen MR) is 138 cm³/mol. The van der Waals surface area contributed by atoms with Gasteiger partial charge in [0, 0.05) is 70.2 Å². The standard InChI is InChI=1S/C27H33N5O5/c1-2-37-27(34)30-13-11-29(12-14-30)26(33)23-17-21-16-22(32(35)36)8-9-24(21)31-15-10-28(19-25(23)31)18-20-6-4-3-5-7-20/h3-9,16,23,25H,2,10-15,17-19H2,1H3/t23-,25+/m0/s1. The van der Waals surface area contributed by atoms with E-state index in [-0.39, 0.29) is 34.6 Å². The Labute approximate surface area is 216 Å². The molecule has 2 aromatic rings. The highest BCUT2D eigenvalue weighted by Gasteiger charge is 2.43. The van der Waals surface area contributed by atoms with Crippen molar-refractivity contribution in [2.75, 3.05) is 57.3 Å². The minimum Gasteiger partial charge on any atom is -0.450 e. The number of nitrogens with zero attached hydrogens (tertiary/aromatic N) is 5. The smallest absolute Gasteiger partial charge is 0.409 e. The van der Waals surface area contributed by atoms with E-state index in [0.717, 1.165) is 37.4 Å². The number of carbonyl (C=O) groups is 2. The van der Waals surface area contributed by atoms with Gasteiger partial charge in [0.05, 0.1) is 23.5 Å². The molecule has 2 saturated heterocycles. The summed E-state index contributed by atoms with van der Waals surface area (Å²) >= 11 is 0. The van der Waals surface area contributed by atoms with Crippen LogP contribution in [0.15, 0.2) is 48.5 Å². The fraction of sp³-hybridized carbons (Fsp3) is 0.481. The van der Waals surface area contributed by atoms with Crippen LogP contribution in [0.2, 0.25) is 0 Å². The molecule has 0 bridgehead atoms. The fourth-order valence-corrected chi connectivity index (χ4v) is 5.81. The van der Waals surface area contributed by atoms with Crippen molar-refractivity contribution < 1.29 is 19.2 Å². The summed E-state index contributed by atoms with van der Waals surface area (Å²) in [5.41, 5.74) is 3.13. The van der Waals surface area contributed by atoms with Crippen LogP contribution in [0.1, 0.15) is 18.1 Å². The van der Waals surface area contributed by atoms with E-state index < -0.39 is 0 Å². The average Bonchev–Trinajstić information content (AvgIpc) is 2.92. The monoisotopic (exact) mass is 507 g/mol. The van der Waals surface area contributed by atoms with Crippen LogP contribution < -0.4 is 4.90 Å². The fourth-order valence-electron chi connectivity index (χ4n) is 5.81. The van der Waals surface area contributed by atoms with E-state index in [1.807, 2.05) is 29.2 Å². The first-order chi connectivity index (χ1) is 17.9. The van der Waals surface area contributed by atoms with Gasteiger partial charge in [0.15, 0.2) is 0 Å². The molecule has 0 saturated carbocycles. The number of amides is 2. The summed E-state index contributed by atoms with van der Waals surface area (Å²) < 4.78 is 5.11. The summed E-state index contributed by atoms with van der Waals surface area (Å²) in [5, 5.41) is 11.4. The first kappa shape index (κ1) is 25.0. The average molecular weight is 508 g/mol. The second-order valence-electron chi connectivity index (χ2n) is 9.87. The molecule has 10 nitrogen and oxygen atoms in total. The number of non-ortho nitro benzene ring substituents is 1. The summed E-state index contributed by atoms with van der Waals surface area (Å²) in [5.74, 6) is -0.264. The van der Waals surface area contributed by atoms with Crippen LogP contribution in [0, 0.1) is 16.0 Å². The van der Waals surface area contributed by atoms with Gasteiger partial charge in [0.25, 0.3) is 5.69 Å². The predicted octanol–water partition coefficient (Wildman–Crippen LogP) is 2.76. The molecule has 2 atom stereocenters. The number of fused-ring (bicyclic) bond motifs is 3. The largest absolute Gasteiger partial charge is 0.450 e. The van der Waals surface area contributed by atoms with E-state index in [0.29, 0.717) is 39.2 Å². The lowest BCUT2D eigenvalue weighted by Crippen LogP contribution is -2.62. The summed E-state index contributed by atoms with van der Waals surface area (Å²) in [7, 11) is 0. The number of hydrogen-bond acceptors (Lipinski definition) is 7. The Balaban J connectivity index is 1.37. The van der Waals surface area contributed by atoms with E-state index in [4.69, 9.17) is 4.74 Å². The maximum Gasteiger partial charge on any atom is 0.409 e. The Morgan fingerprint density at radius 1 is 1.00 bits per heavy atom. The Morgan fingerprint density at radius 3 is 2.43 bits per heavy atom. The van der Waals surface area contributed by atoms with Crippen molar-refractivity contribution in [3.63, 3.8) is 0 Å². The molecular formula is C27H33N5O5. The lowest BCUT2D eigenvalue weighted by Gasteiger charge is -2.50. The van der Waals surface area contributed by atoms with Crippen LogP contribution >= 0.6 is 0 Å². The Bertz CT molecular complexity index is 1150. The molecule has 5 rings (SSSR count). The molecule has 2 amide bonds. The number of rotatable bonds is 5. The van der Waals surface area contributed by atoms with Crippen molar-refractivity contribution >= 4 is 23.4 Å². The molecule has 3 heterocycles. The number of nitro benzene ring substituents is 1. The van der Waals surface area contributed by atoms with Crippen LogP contribution in [0.25, 0.3) is 0 Å². The first-order valence-electron chi connectivity index (χ1n) is 13.0. The van der Waals surface area contributed by atoms with E-state index in [9.17, 15) is 19.7 Å². The van der Waals surface area contributed by atoms with Gasteiger partial charge >= 0.3 is 6.09 Å². The number of nitro groups is 1. The summed E-state index contributed by atoms with van der Waals surface area (Å²) in [6.45, 7) is 7.04. The number of piperazine rings is 2. The zero-order valence-corrected chi connectivity index (χ0v) is 21.1. The Morgan fingerprint density at radius 2 is 1.73 bits per heavy atom. The first-order valence-corrected chi connectivity index (χ1v) is 13.0. The summed E-state index contributed by atoms with van der Waals surface area (Å²) in [4.78, 5) is 45.3. The second-order valence-corrected chi connectivity index (χ2v) is 9.87.